The van der Waals surface area contributed by atoms with Crippen LogP contribution in [0.3, 0.4) is 0 Å². The first-order valence-electron chi connectivity index (χ1n) is 12.1. The van der Waals surface area contributed by atoms with Gasteiger partial charge in [-0.05, 0) is 57.6 Å². The minimum Gasteiger partial charge on any atom is -0.462 e. The monoisotopic (exact) mass is 480 g/mol. The fourth-order valence-electron chi connectivity index (χ4n) is 2.84. The second-order valence-electron chi connectivity index (χ2n) is 7.39. The molecular formula is C30H37FO4. The molecule has 0 saturated heterocycles. The van der Waals surface area contributed by atoms with Crippen LogP contribution in [0, 0.1) is 0 Å². The summed E-state index contributed by atoms with van der Waals surface area (Å²) in [6.45, 7) is 1.59. The first-order chi connectivity index (χ1) is 17.2. The molecule has 188 valence electrons. The molecule has 0 radical (unpaired) electrons. The van der Waals surface area contributed by atoms with Crippen molar-refractivity contribution >= 4 is 11.9 Å². The quantitative estimate of drug-likeness (QED) is 0.130. The molecule has 0 aliphatic carbocycles. The Bertz CT molecular complexity index is 907. The van der Waals surface area contributed by atoms with Gasteiger partial charge in [-0.3, -0.25) is 4.79 Å². The van der Waals surface area contributed by atoms with E-state index in [1.54, 1.807) is 31.2 Å². The van der Waals surface area contributed by atoms with Gasteiger partial charge in [0.15, 0.2) is 0 Å². The van der Waals surface area contributed by atoms with Gasteiger partial charge in [-0.2, -0.15) is 0 Å². The lowest BCUT2D eigenvalue weighted by Gasteiger charge is -2.08. The van der Waals surface area contributed by atoms with E-state index in [-0.39, 0.29) is 30.3 Å². The first-order valence-corrected chi connectivity index (χ1v) is 12.1. The van der Waals surface area contributed by atoms with Crippen LogP contribution in [0.1, 0.15) is 62.2 Å². The van der Waals surface area contributed by atoms with Gasteiger partial charge in [0.1, 0.15) is 18.0 Å². The molecule has 0 unspecified atom stereocenters. The maximum Gasteiger partial charge on any atom is 0.341 e. The third-order valence-electron chi connectivity index (χ3n) is 4.57. The highest BCUT2D eigenvalue weighted by Gasteiger charge is 2.15. The van der Waals surface area contributed by atoms with Gasteiger partial charge in [-0.25, -0.2) is 9.18 Å². The van der Waals surface area contributed by atoms with E-state index in [2.05, 4.69) is 42.5 Å². The second-order valence-corrected chi connectivity index (χ2v) is 7.39. The van der Waals surface area contributed by atoms with Crippen molar-refractivity contribution in [2.45, 2.75) is 51.9 Å². The molecule has 1 aromatic rings. The number of ether oxygens (including phenoxy) is 2. The summed E-state index contributed by atoms with van der Waals surface area (Å²) in [5.41, 5.74) is 0.251. The van der Waals surface area contributed by atoms with Gasteiger partial charge in [-0.15, -0.1) is 0 Å². The molecule has 0 N–H and O–H groups in total. The smallest absolute Gasteiger partial charge is 0.341 e. The Morgan fingerprint density at radius 2 is 1.23 bits per heavy atom. The number of hydrogen-bond acceptors (Lipinski definition) is 4. The molecule has 5 heteroatoms. The molecule has 1 rings (SSSR count). The van der Waals surface area contributed by atoms with Crippen LogP contribution in [0.15, 0.2) is 97.2 Å². The van der Waals surface area contributed by atoms with Crippen molar-refractivity contribution in [3.05, 3.63) is 103 Å². The van der Waals surface area contributed by atoms with Gasteiger partial charge in [0, 0.05) is 6.42 Å². The first kappa shape index (κ1) is 29.6. The lowest BCUT2D eigenvalue weighted by atomic mass is 10.2. The Balaban J connectivity index is 2.14. The Hall–Kier alpha value is -3.47. The van der Waals surface area contributed by atoms with E-state index in [0.717, 1.165) is 32.1 Å². The predicted octanol–water partition coefficient (Wildman–Crippen LogP) is 7.81. The molecule has 0 amide bonds. The van der Waals surface area contributed by atoms with Gasteiger partial charge in [-0.1, -0.05) is 85.0 Å². The lowest BCUT2D eigenvalue weighted by molar-refractivity contribution is -0.134. The van der Waals surface area contributed by atoms with E-state index in [9.17, 15) is 14.0 Å². The van der Waals surface area contributed by atoms with Crippen molar-refractivity contribution in [2.24, 2.45) is 0 Å². The van der Waals surface area contributed by atoms with E-state index in [4.69, 9.17) is 9.47 Å². The average Bonchev–Trinajstić information content (AvgIpc) is 2.86. The Labute approximate surface area is 209 Å². The topological polar surface area (TPSA) is 52.6 Å². The predicted molar refractivity (Wildman–Crippen MR) is 141 cm³/mol. The van der Waals surface area contributed by atoms with Gasteiger partial charge in [0.2, 0.25) is 0 Å². The SMILES string of the molecule is CCOC(=O)c1ccccc1OC(=O)CC/C=C\C/C=C\C/C=C\C/C=C\C/C=C\C/C=C\CF. The van der Waals surface area contributed by atoms with E-state index >= 15 is 0 Å². The number of carbonyl (C=O) groups excluding carboxylic acids is 2. The van der Waals surface area contributed by atoms with E-state index in [0.29, 0.717) is 6.42 Å². The molecule has 0 saturated carbocycles. The van der Waals surface area contributed by atoms with Crippen LogP contribution in [0.2, 0.25) is 0 Å². The number of esters is 2. The number of halogens is 1. The zero-order valence-electron chi connectivity index (χ0n) is 20.6. The van der Waals surface area contributed by atoms with Crippen molar-refractivity contribution in [3.63, 3.8) is 0 Å². The highest BCUT2D eigenvalue weighted by molar-refractivity contribution is 5.93. The Morgan fingerprint density at radius 1 is 0.743 bits per heavy atom. The van der Waals surface area contributed by atoms with Crippen LogP contribution in [0.4, 0.5) is 4.39 Å². The number of allylic oxidation sites excluding steroid dienone is 12. The second kappa shape index (κ2) is 21.1. The molecule has 0 aliphatic heterocycles. The highest BCUT2D eigenvalue weighted by atomic mass is 19.1. The van der Waals surface area contributed by atoms with Gasteiger partial charge in [0.05, 0.1) is 6.61 Å². The summed E-state index contributed by atoms with van der Waals surface area (Å²) in [6.07, 6.45) is 29.2. The number of para-hydroxylation sites is 1. The number of hydrogen-bond donors (Lipinski definition) is 0. The minimum absolute atomic E-state index is 0.225. The number of alkyl halides is 1. The van der Waals surface area contributed by atoms with E-state index < -0.39 is 12.6 Å². The fourth-order valence-corrected chi connectivity index (χ4v) is 2.84. The number of benzene rings is 1. The van der Waals surface area contributed by atoms with Gasteiger partial charge in [0.25, 0.3) is 0 Å². The molecule has 4 nitrogen and oxygen atoms in total. The van der Waals surface area contributed by atoms with E-state index in [1.165, 1.54) is 6.08 Å². The highest BCUT2D eigenvalue weighted by Crippen LogP contribution is 2.19. The van der Waals surface area contributed by atoms with E-state index in [1.807, 2.05) is 24.3 Å². The van der Waals surface area contributed by atoms with Crippen molar-refractivity contribution in [1.82, 2.24) is 0 Å². The lowest BCUT2D eigenvalue weighted by Crippen LogP contribution is -2.12. The van der Waals surface area contributed by atoms with Crippen LogP contribution < -0.4 is 4.74 Å². The van der Waals surface area contributed by atoms with Crippen LogP contribution in [-0.4, -0.2) is 25.2 Å². The summed E-state index contributed by atoms with van der Waals surface area (Å²) < 4.78 is 22.2. The maximum atomic E-state index is 12.1. The van der Waals surface area contributed by atoms with Crippen LogP contribution in [0.5, 0.6) is 5.75 Å². The zero-order chi connectivity index (χ0) is 25.4. The molecular weight excluding hydrogens is 443 g/mol. The standard InChI is InChI=1S/C30H37FO4/c1-2-34-30(33)27-23-20-21-24-28(27)35-29(32)25-19-17-15-13-11-9-7-5-3-4-6-8-10-12-14-16-18-22-26-31/h3,5-6,8-9,11-12,14-15,17-18,20-24H,2,4,7,10,13,16,19,25-26H2,1H3/b5-3-,8-6-,11-9-,14-12-,17-15-,22-18-. The molecule has 0 bridgehead atoms. The number of carbonyl (C=O) groups is 2. The van der Waals surface area contributed by atoms with Crippen LogP contribution in [-0.2, 0) is 9.53 Å². The third kappa shape index (κ3) is 15.9. The number of rotatable bonds is 17. The van der Waals surface area contributed by atoms with Crippen LogP contribution >= 0.6 is 0 Å². The molecule has 1 aromatic carbocycles. The Kier molecular flexibility index (Phi) is 17.8. The maximum absolute atomic E-state index is 12.1. The third-order valence-corrected chi connectivity index (χ3v) is 4.57. The van der Waals surface area contributed by atoms with Crippen molar-refractivity contribution < 1.29 is 23.5 Å². The fraction of sp³-hybridized carbons (Fsp3) is 0.333. The molecule has 0 fully saturated rings. The summed E-state index contributed by atoms with van der Waals surface area (Å²) in [4.78, 5) is 24.0. The molecule has 0 aliphatic rings. The molecule has 0 aromatic heterocycles. The van der Waals surface area contributed by atoms with Gasteiger partial charge < -0.3 is 9.47 Å². The minimum atomic E-state index is -0.502. The largest absolute Gasteiger partial charge is 0.462 e. The summed E-state index contributed by atoms with van der Waals surface area (Å²) in [5.74, 6) is -0.663. The van der Waals surface area contributed by atoms with Gasteiger partial charge >= 0.3 is 11.9 Å². The molecule has 0 heterocycles. The zero-order valence-corrected chi connectivity index (χ0v) is 20.6. The van der Waals surface area contributed by atoms with Crippen molar-refractivity contribution in [2.75, 3.05) is 13.3 Å². The molecule has 35 heavy (non-hydrogen) atoms. The summed E-state index contributed by atoms with van der Waals surface area (Å²) in [6, 6.07) is 6.58. The average molecular weight is 481 g/mol. The normalized spacial score (nSPS) is 12.3. The molecule has 0 spiro atoms. The van der Waals surface area contributed by atoms with Crippen molar-refractivity contribution in [3.8, 4) is 5.75 Å². The van der Waals surface area contributed by atoms with Crippen LogP contribution in [0.25, 0.3) is 0 Å². The summed E-state index contributed by atoms with van der Waals surface area (Å²) in [7, 11) is 0. The Morgan fingerprint density at radius 3 is 1.74 bits per heavy atom. The summed E-state index contributed by atoms with van der Waals surface area (Å²) in [5, 5.41) is 0. The van der Waals surface area contributed by atoms with Crippen molar-refractivity contribution in [1.29, 1.82) is 0 Å². The molecule has 0 atom stereocenters. The summed E-state index contributed by atoms with van der Waals surface area (Å²) >= 11 is 0.